The van der Waals surface area contributed by atoms with Gasteiger partial charge in [0.2, 0.25) is 5.88 Å². The molecule has 3 rings (SSSR count). The molecule has 4 nitrogen and oxygen atoms in total. The van der Waals surface area contributed by atoms with Crippen LogP contribution in [0.2, 0.25) is 0 Å². The van der Waals surface area contributed by atoms with E-state index in [1.807, 2.05) is 18.3 Å². The fraction of sp³-hybridized carbons (Fsp3) is 0.471. The van der Waals surface area contributed by atoms with Gasteiger partial charge in [0.1, 0.15) is 0 Å². The van der Waals surface area contributed by atoms with Crippen molar-refractivity contribution in [2.45, 2.75) is 39.7 Å². The Bertz CT molecular complexity index is 655. The number of aryl methyl sites for hydroxylation is 1. The smallest absolute Gasteiger partial charge is 0.213 e. The average Bonchev–Trinajstić information content (AvgIpc) is 2.74. The van der Waals surface area contributed by atoms with Gasteiger partial charge in [-0.3, -0.25) is 0 Å². The summed E-state index contributed by atoms with van der Waals surface area (Å²) in [7, 11) is 1.63. The Morgan fingerprint density at radius 2 is 2.14 bits per heavy atom. The largest absolute Gasteiger partial charge is 0.481 e. The quantitative estimate of drug-likeness (QED) is 0.922. The minimum atomic E-state index is 0.120. The van der Waals surface area contributed by atoms with E-state index >= 15 is 0 Å². The number of hydrogen-bond donors (Lipinski definition) is 1. The van der Waals surface area contributed by atoms with Crippen LogP contribution in [-0.4, -0.2) is 16.7 Å². The van der Waals surface area contributed by atoms with Crippen LogP contribution >= 0.6 is 0 Å². The predicted octanol–water partition coefficient (Wildman–Crippen LogP) is 3.16. The van der Waals surface area contributed by atoms with Gasteiger partial charge in [0.15, 0.2) is 0 Å². The molecule has 4 heteroatoms. The molecular weight excluding hydrogens is 262 g/mol. The average molecular weight is 285 g/mol. The first-order valence-corrected chi connectivity index (χ1v) is 7.38. The van der Waals surface area contributed by atoms with Crippen LogP contribution in [0.4, 0.5) is 0 Å². The van der Waals surface area contributed by atoms with Gasteiger partial charge in [0, 0.05) is 23.5 Å². The summed E-state index contributed by atoms with van der Waals surface area (Å²) in [5, 5.41) is 0. The van der Waals surface area contributed by atoms with Gasteiger partial charge in [-0.05, 0) is 42.9 Å². The Morgan fingerprint density at radius 3 is 2.76 bits per heavy atom. The summed E-state index contributed by atoms with van der Waals surface area (Å²) in [5.41, 5.74) is 11.5. The molecule has 0 fully saturated rings. The van der Waals surface area contributed by atoms with Crippen LogP contribution in [0, 0.1) is 12.3 Å². The van der Waals surface area contributed by atoms with E-state index in [2.05, 4.69) is 36.4 Å². The van der Waals surface area contributed by atoms with Crippen molar-refractivity contribution in [1.82, 2.24) is 9.55 Å². The zero-order valence-corrected chi connectivity index (χ0v) is 13.2. The molecule has 0 aromatic carbocycles. The van der Waals surface area contributed by atoms with Crippen molar-refractivity contribution < 1.29 is 4.74 Å². The van der Waals surface area contributed by atoms with Crippen LogP contribution in [0.3, 0.4) is 0 Å². The lowest BCUT2D eigenvalue weighted by atomic mass is 9.74. The summed E-state index contributed by atoms with van der Waals surface area (Å²) < 4.78 is 7.42. The standard InChI is InChI=1S/C17H23N3O/c1-11-7-13-14(18)8-17(2,3)9-15(13)20(11)12-5-6-16(21-4)19-10-12/h5-7,10,14H,8-9,18H2,1-4H3. The SMILES string of the molecule is COc1ccc(-n2c(C)cc3c2CC(C)(C)CC3N)cn1. The zero-order valence-electron chi connectivity index (χ0n) is 13.2. The van der Waals surface area contributed by atoms with Gasteiger partial charge >= 0.3 is 0 Å². The molecule has 2 aromatic heterocycles. The second-order valence-electron chi connectivity index (χ2n) is 6.73. The first-order valence-electron chi connectivity index (χ1n) is 7.38. The van der Waals surface area contributed by atoms with Gasteiger partial charge in [-0.1, -0.05) is 13.8 Å². The number of aromatic nitrogens is 2. The van der Waals surface area contributed by atoms with Crippen LogP contribution < -0.4 is 10.5 Å². The van der Waals surface area contributed by atoms with E-state index in [0.29, 0.717) is 5.88 Å². The molecule has 1 unspecified atom stereocenters. The lowest BCUT2D eigenvalue weighted by Crippen LogP contribution is -2.30. The molecule has 21 heavy (non-hydrogen) atoms. The highest BCUT2D eigenvalue weighted by molar-refractivity contribution is 5.43. The van der Waals surface area contributed by atoms with Crippen molar-refractivity contribution in [2.24, 2.45) is 11.1 Å². The first kappa shape index (κ1) is 14.1. The van der Waals surface area contributed by atoms with Crippen molar-refractivity contribution in [3.8, 4) is 11.6 Å². The summed E-state index contributed by atoms with van der Waals surface area (Å²) in [6.45, 7) is 6.70. The molecule has 0 amide bonds. The summed E-state index contributed by atoms with van der Waals surface area (Å²) in [6, 6.07) is 6.29. The maximum Gasteiger partial charge on any atom is 0.213 e. The number of nitrogens with zero attached hydrogens (tertiary/aromatic N) is 2. The maximum absolute atomic E-state index is 6.38. The molecule has 2 N–H and O–H groups in total. The number of hydrogen-bond acceptors (Lipinski definition) is 3. The summed E-state index contributed by atoms with van der Waals surface area (Å²) in [6.07, 6.45) is 3.93. The molecule has 0 bridgehead atoms. The molecule has 0 saturated carbocycles. The van der Waals surface area contributed by atoms with E-state index in [9.17, 15) is 0 Å². The van der Waals surface area contributed by atoms with E-state index in [1.54, 1.807) is 7.11 Å². The van der Waals surface area contributed by atoms with Crippen LogP contribution in [0.1, 0.15) is 43.3 Å². The third kappa shape index (κ3) is 2.44. The molecule has 1 atom stereocenters. The molecule has 0 saturated heterocycles. The van der Waals surface area contributed by atoms with E-state index in [4.69, 9.17) is 10.5 Å². The Kier molecular flexibility index (Phi) is 3.29. The van der Waals surface area contributed by atoms with E-state index in [0.717, 1.165) is 18.5 Å². The van der Waals surface area contributed by atoms with E-state index < -0.39 is 0 Å². The Hall–Kier alpha value is -1.81. The number of methoxy groups -OCH3 is 1. The van der Waals surface area contributed by atoms with Crippen LogP contribution in [-0.2, 0) is 6.42 Å². The minimum Gasteiger partial charge on any atom is -0.481 e. The highest BCUT2D eigenvalue weighted by Gasteiger charge is 2.33. The molecule has 1 aliphatic carbocycles. The van der Waals surface area contributed by atoms with Crippen molar-refractivity contribution in [2.75, 3.05) is 7.11 Å². The maximum atomic E-state index is 6.38. The van der Waals surface area contributed by atoms with Gasteiger partial charge in [-0.2, -0.15) is 0 Å². The van der Waals surface area contributed by atoms with Crippen molar-refractivity contribution >= 4 is 0 Å². The van der Waals surface area contributed by atoms with Crippen molar-refractivity contribution in [1.29, 1.82) is 0 Å². The molecule has 0 aliphatic heterocycles. The molecule has 112 valence electrons. The summed E-state index contributed by atoms with van der Waals surface area (Å²) in [5.74, 6) is 0.634. The van der Waals surface area contributed by atoms with Gasteiger partial charge in [0.05, 0.1) is 19.0 Å². The van der Waals surface area contributed by atoms with Gasteiger partial charge in [-0.25, -0.2) is 4.98 Å². The minimum absolute atomic E-state index is 0.120. The number of fused-ring (bicyclic) bond motifs is 1. The fourth-order valence-electron chi connectivity index (χ4n) is 3.43. The molecule has 2 heterocycles. The fourth-order valence-corrected chi connectivity index (χ4v) is 3.43. The van der Waals surface area contributed by atoms with E-state index in [1.165, 1.54) is 17.0 Å². The summed E-state index contributed by atoms with van der Waals surface area (Å²) in [4.78, 5) is 4.32. The second-order valence-corrected chi connectivity index (χ2v) is 6.73. The lowest BCUT2D eigenvalue weighted by molar-refractivity contribution is 0.278. The Labute approximate surface area is 125 Å². The molecule has 1 aliphatic rings. The second kappa shape index (κ2) is 4.88. The van der Waals surface area contributed by atoms with Crippen LogP contribution in [0.15, 0.2) is 24.4 Å². The third-order valence-electron chi connectivity index (χ3n) is 4.33. The number of rotatable bonds is 2. The van der Waals surface area contributed by atoms with Crippen molar-refractivity contribution in [3.05, 3.63) is 41.3 Å². The number of ether oxygens (including phenoxy) is 1. The highest BCUT2D eigenvalue weighted by atomic mass is 16.5. The Balaban J connectivity index is 2.11. The topological polar surface area (TPSA) is 53.1 Å². The normalized spacial score (nSPS) is 20.1. The molecular formula is C17H23N3O. The van der Waals surface area contributed by atoms with Crippen molar-refractivity contribution in [3.63, 3.8) is 0 Å². The molecule has 0 radical (unpaired) electrons. The lowest BCUT2D eigenvalue weighted by Gasteiger charge is -2.34. The number of nitrogens with two attached hydrogens (primary N) is 1. The summed E-state index contributed by atoms with van der Waals surface area (Å²) >= 11 is 0. The first-order chi connectivity index (χ1) is 9.91. The van der Waals surface area contributed by atoms with Gasteiger partial charge in [0.25, 0.3) is 0 Å². The number of pyridine rings is 1. The van der Waals surface area contributed by atoms with Crippen LogP contribution in [0.5, 0.6) is 5.88 Å². The molecule has 2 aromatic rings. The highest BCUT2D eigenvalue weighted by Crippen LogP contribution is 2.41. The van der Waals surface area contributed by atoms with Gasteiger partial charge in [-0.15, -0.1) is 0 Å². The third-order valence-corrected chi connectivity index (χ3v) is 4.33. The molecule has 0 spiro atoms. The predicted molar refractivity (Wildman–Crippen MR) is 83.9 cm³/mol. The van der Waals surface area contributed by atoms with E-state index in [-0.39, 0.29) is 11.5 Å². The van der Waals surface area contributed by atoms with Gasteiger partial charge < -0.3 is 15.0 Å². The monoisotopic (exact) mass is 285 g/mol. The Morgan fingerprint density at radius 1 is 1.38 bits per heavy atom. The van der Waals surface area contributed by atoms with Crippen LogP contribution in [0.25, 0.3) is 5.69 Å². The zero-order chi connectivity index (χ0) is 15.2.